The molecule has 0 spiro atoms. The van der Waals surface area contributed by atoms with Crippen molar-refractivity contribution in [3.8, 4) is 5.75 Å². The fourth-order valence-corrected chi connectivity index (χ4v) is 4.04. The van der Waals surface area contributed by atoms with E-state index in [1.165, 1.54) is 6.20 Å². The zero-order valence-corrected chi connectivity index (χ0v) is 17.9. The molecule has 0 radical (unpaired) electrons. The van der Waals surface area contributed by atoms with Crippen molar-refractivity contribution in [3.05, 3.63) is 58.7 Å². The summed E-state index contributed by atoms with van der Waals surface area (Å²) in [6.07, 6.45) is 1.49. The van der Waals surface area contributed by atoms with Crippen molar-refractivity contribution in [2.75, 3.05) is 31.1 Å². The minimum atomic E-state index is -2.48. The lowest BCUT2D eigenvalue weighted by molar-refractivity contribution is 0.417. The van der Waals surface area contributed by atoms with E-state index >= 15 is 0 Å². The van der Waals surface area contributed by atoms with Gasteiger partial charge in [0.15, 0.2) is 5.82 Å². The Labute approximate surface area is 173 Å². The Bertz CT molecular complexity index is 1060. The lowest BCUT2D eigenvalue weighted by Gasteiger charge is -2.16. The maximum atomic E-state index is 12.6. The van der Waals surface area contributed by atoms with Crippen LogP contribution in [0.25, 0.3) is 0 Å². The topological polar surface area (TPSA) is 76.1 Å². The molecule has 1 heterocycles. The summed E-state index contributed by atoms with van der Waals surface area (Å²) in [7, 11) is -0.931. The highest BCUT2D eigenvalue weighted by Gasteiger charge is 2.17. The van der Waals surface area contributed by atoms with Crippen LogP contribution in [-0.4, -0.2) is 30.4 Å². The van der Waals surface area contributed by atoms with Crippen LogP contribution in [0.15, 0.2) is 48.7 Å². The number of nitrogens with zero attached hydrogens (tertiary/aromatic N) is 2. The number of benzene rings is 2. The molecular formula is C19H19Cl2N4O2P. The summed E-state index contributed by atoms with van der Waals surface area (Å²) < 4.78 is 17.9. The number of hydrogen-bond acceptors (Lipinski definition) is 6. The van der Waals surface area contributed by atoms with Gasteiger partial charge in [-0.15, -0.1) is 0 Å². The minimum Gasteiger partial charge on any atom is -0.495 e. The van der Waals surface area contributed by atoms with Crippen LogP contribution in [0.5, 0.6) is 5.75 Å². The van der Waals surface area contributed by atoms with Crippen LogP contribution in [0.1, 0.15) is 0 Å². The Hall–Kier alpha value is -2.27. The van der Waals surface area contributed by atoms with Gasteiger partial charge in [0.25, 0.3) is 0 Å². The lowest BCUT2D eigenvalue weighted by atomic mass is 10.3. The molecule has 146 valence electrons. The van der Waals surface area contributed by atoms with Gasteiger partial charge >= 0.3 is 0 Å². The number of ether oxygens (including phenoxy) is 1. The van der Waals surface area contributed by atoms with E-state index in [9.17, 15) is 4.57 Å². The van der Waals surface area contributed by atoms with Crippen molar-refractivity contribution in [3.63, 3.8) is 0 Å². The van der Waals surface area contributed by atoms with Crippen LogP contribution in [-0.2, 0) is 4.57 Å². The maximum absolute atomic E-state index is 12.6. The first-order chi connectivity index (χ1) is 13.3. The van der Waals surface area contributed by atoms with Crippen molar-refractivity contribution in [1.82, 2.24) is 9.97 Å². The fraction of sp³-hybridized carbons (Fsp3) is 0.158. The summed E-state index contributed by atoms with van der Waals surface area (Å²) in [5.41, 5.74) is 1.35. The molecule has 0 aliphatic rings. The summed E-state index contributed by atoms with van der Waals surface area (Å²) in [6.45, 7) is 3.43. The second kappa shape index (κ2) is 8.39. The average molecular weight is 437 g/mol. The van der Waals surface area contributed by atoms with Gasteiger partial charge in [0.1, 0.15) is 17.9 Å². The van der Waals surface area contributed by atoms with E-state index in [0.717, 1.165) is 5.30 Å². The second-order valence-corrected chi connectivity index (χ2v) is 10.4. The molecule has 1 aromatic heterocycles. The van der Waals surface area contributed by atoms with Crippen LogP contribution in [0, 0.1) is 0 Å². The molecule has 3 aromatic rings. The molecule has 0 aliphatic heterocycles. The summed E-state index contributed by atoms with van der Waals surface area (Å²) in [4.78, 5) is 8.65. The molecule has 0 unspecified atom stereocenters. The number of nitrogens with one attached hydrogen (secondary N) is 2. The second-order valence-electron chi connectivity index (χ2n) is 6.35. The third kappa shape index (κ3) is 4.76. The molecule has 6 nitrogen and oxygen atoms in total. The van der Waals surface area contributed by atoms with Crippen molar-refractivity contribution < 1.29 is 9.30 Å². The zero-order chi connectivity index (χ0) is 20.3. The quantitative estimate of drug-likeness (QED) is 0.494. The monoisotopic (exact) mass is 436 g/mol. The van der Waals surface area contributed by atoms with Gasteiger partial charge in [-0.3, -0.25) is 0 Å². The molecule has 0 amide bonds. The number of hydrogen-bond donors (Lipinski definition) is 2. The Morgan fingerprint density at radius 3 is 2.50 bits per heavy atom. The van der Waals surface area contributed by atoms with Crippen molar-refractivity contribution in [1.29, 1.82) is 0 Å². The molecule has 28 heavy (non-hydrogen) atoms. The molecule has 9 heteroatoms. The van der Waals surface area contributed by atoms with Crippen LogP contribution in [0.3, 0.4) is 0 Å². The molecule has 0 aliphatic carbocycles. The van der Waals surface area contributed by atoms with E-state index in [-0.39, 0.29) is 0 Å². The van der Waals surface area contributed by atoms with E-state index in [0.29, 0.717) is 38.9 Å². The van der Waals surface area contributed by atoms with E-state index in [2.05, 4.69) is 20.6 Å². The van der Waals surface area contributed by atoms with Crippen LogP contribution in [0.4, 0.5) is 23.1 Å². The van der Waals surface area contributed by atoms with Crippen molar-refractivity contribution in [2.24, 2.45) is 0 Å². The smallest absolute Gasteiger partial charge is 0.229 e. The van der Waals surface area contributed by atoms with Gasteiger partial charge in [0.05, 0.1) is 24.7 Å². The Morgan fingerprint density at radius 2 is 1.79 bits per heavy atom. The van der Waals surface area contributed by atoms with Gasteiger partial charge in [0, 0.05) is 16.4 Å². The predicted molar refractivity (Wildman–Crippen MR) is 117 cm³/mol. The molecule has 3 rings (SSSR count). The van der Waals surface area contributed by atoms with Crippen LogP contribution < -0.4 is 20.7 Å². The van der Waals surface area contributed by atoms with E-state index in [1.807, 2.05) is 24.3 Å². The number of para-hydroxylation sites is 1. The van der Waals surface area contributed by atoms with Gasteiger partial charge in [-0.1, -0.05) is 35.3 Å². The number of methoxy groups -OCH3 is 1. The maximum Gasteiger partial charge on any atom is 0.229 e. The van der Waals surface area contributed by atoms with E-state index in [4.69, 9.17) is 27.9 Å². The van der Waals surface area contributed by atoms with Crippen molar-refractivity contribution >= 4 is 58.8 Å². The Balaban J connectivity index is 1.93. The van der Waals surface area contributed by atoms with Gasteiger partial charge in [0.2, 0.25) is 5.95 Å². The fourth-order valence-electron chi connectivity index (χ4n) is 2.58. The number of rotatable bonds is 6. The van der Waals surface area contributed by atoms with Gasteiger partial charge in [-0.05, 0) is 37.6 Å². The van der Waals surface area contributed by atoms with Gasteiger partial charge in [-0.25, -0.2) is 4.98 Å². The number of halogens is 2. The highest BCUT2D eigenvalue weighted by molar-refractivity contribution is 7.70. The molecule has 0 saturated carbocycles. The van der Waals surface area contributed by atoms with Gasteiger partial charge < -0.3 is 19.9 Å². The average Bonchev–Trinajstić information content (AvgIpc) is 2.65. The first-order valence-electron chi connectivity index (χ1n) is 8.32. The Morgan fingerprint density at radius 1 is 1.04 bits per heavy atom. The minimum absolute atomic E-state index is 0.321. The molecule has 0 saturated heterocycles. The largest absolute Gasteiger partial charge is 0.495 e. The number of anilines is 4. The van der Waals surface area contributed by atoms with E-state index < -0.39 is 7.14 Å². The highest BCUT2D eigenvalue weighted by Crippen LogP contribution is 2.38. The predicted octanol–water partition coefficient (Wildman–Crippen LogP) is 5.53. The van der Waals surface area contributed by atoms with Gasteiger partial charge in [-0.2, -0.15) is 4.98 Å². The molecule has 2 aromatic carbocycles. The zero-order valence-electron chi connectivity index (χ0n) is 15.5. The molecular weight excluding hydrogens is 418 g/mol. The summed E-state index contributed by atoms with van der Waals surface area (Å²) in [5, 5.41) is 7.87. The number of aromatic nitrogens is 2. The summed E-state index contributed by atoms with van der Waals surface area (Å²) >= 11 is 12.3. The first-order valence-corrected chi connectivity index (χ1v) is 11.7. The molecule has 0 fully saturated rings. The Kier molecular flexibility index (Phi) is 6.14. The lowest BCUT2D eigenvalue weighted by Crippen LogP contribution is -2.11. The normalized spacial score (nSPS) is 11.2. The van der Waals surface area contributed by atoms with Crippen molar-refractivity contribution in [2.45, 2.75) is 0 Å². The highest BCUT2D eigenvalue weighted by atomic mass is 35.5. The standard InChI is InChI=1S/C19H19Cl2N4O2P/c1-27-16-10-12(20)8-9-14(16)24-19-22-11-13(21)18(25-19)23-15-6-4-5-7-17(15)28(2,3)26/h4-11H,1-3H3,(H2,22,23,24,25). The summed E-state index contributed by atoms with van der Waals surface area (Å²) in [6, 6.07) is 12.6. The van der Waals surface area contributed by atoms with Crippen LogP contribution >= 0.6 is 30.3 Å². The van der Waals surface area contributed by atoms with E-state index in [1.54, 1.807) is 38.6 Å². The third-order valence-electron chi connectivity index (χ3n) is 3.89. The van der Waals surface area contributed by atoms with Crippen LogP contribution in [0.2, 0.25) is 10.0 Å². The summed E-state index contributed by atoms with van der Waals surface area (Å²) in [5.74, 6) is 1.28. The molecule has 2 N–H and O–H groups in total. The molecule has 0 atom stereocenters. The molecule has 0 bridgehead atoms. The SMILES string of the molecule is COc1cc(Cl)ccc1Nc1ncc(Cl)c(Nc2ccccc2P(C)(C)=O)n1. The first kappa shape index (κ1) is 20.5. The third-order valence-corrected chi connectivity index (χ3v) is 5.95.